The highest BCUT2D eigenvalue weighted by molar-refractivity contribution is 5.89. The number of hydrogen-bond donors (Lipinski definition) is 1. The number of allylic oxidation sites excluding steroid dienone is 2. The van der Waals surface area contributed by atoms with Crippen LogP contribution in [0.5, 0.6) is 0 Å². The molecule has 2 heteroatoms. The van der Waals surface area contributed by atoms with Crippen LogP contribution in [0.2, 0.25) is 0 Å². The van der Waals surface area contributed by atoms with Gasteiger partial charge in [-0.05, 0) is 38.3 Å². The first-order valence-corrected chi connectivity index (χ1v) is 7.70. The second kappa shape index (κ2) is 14.4. The molecule has 0 amide bonds. The van der Waals surface area contributed by atoms with Gasteiger partial charge < -0.3 is 5.73 Å². The van der Waals surface area contributed by atoms with Crippen molar-refractivity contribution in [2.24, 2.45) is 5.73 Å². The third-order valence-corrected chi connectivity index (χ3v) is 3.16. The number of rotatable bonds is 13. The molecule has 18 heavy (non-hydrogen) atoms. The number of carbonyl (C=O) groups excluding carboxylic acids is 1. The molecule has 0 fully saturated rings. The van der Waals surface area contributed by atoms with E-state index in [9.17, 15) is 4.79 Å². The van der Waals surface area contributed by atoms with Gasteiger partial charge in [0.1, 0.15) is 0 Å². The summed E-state index contributed by atoms with van der Waals surface area (Å²) in [6.45, 7) is 3.00. The van der Waals surface area contributed by atoms with Crippen molar-refractivity contribution >= 4 is 5.78 Å². The van der Waals surface area contributed by atoms with E-state index in [1.54, 1.807) is 6.08 Å². The normalized spacial score (nSPS) is 11.2. The second-order valence-electron chi connectivity index (χ2n) is 5.02. The first-order chi connectivity index (χ1) is 8.81. The molecular formula is C16H31NO. The van der Waals surface area contributed by atoms with Crippen LogP contribution >= 0.6 is 0 Å². The van der Waals surface area contributed by atoms with E-state index in [1.807, 2.05) is 6.08 Å². The fraction of sp³-hybridized carbons (Fsp3) is 0.812. The number of hydrogen-bond acceptors (Lipinski definition) is 2. The fourth-order valence-electron chi connectivity index (χ4n) is 1.96. The molecule has 0 spiro atoms. The Kier molecular flexibility index (Phi) is 13.9. The minimum Gasteiger partial charge on any atom is -0.330 e. The number of carbonyl (C=O) groups is 1. The average molecular weight is 253 g/mol. The molecule has 0 aliphatic heterocycles. The highest BCUT2D eigenvalue weighted by Crippen LogP contribution is 2.06. The van der Waals surface area contributed by atoms with Gasteiger partial charge in [0.05, 0.1) is 0 Å². The molecule has 0 rings (SSSR count). The summed E-state index contributed by atoms with van der Waals surface area (Å²) in [5.74, 6) is 0.288. The zero-order valence-electron chi connectivity index (χ0n) is 12.1. The second-order valence-corrected chi connectivity index (χ2v) is 5.02. The minimum atomic E-state index is 0.288. The fourth-order valence-corrected chi connectivity index (χ4v) is 1.96. The Bertz CT molecular complexity index is 211. The van der Waals surface area contributed by atoms with Crippen LogP contribution in [-0.2, 0) is 4.79 Å². The molecule has 0 aromatic heterocycles. The molecule has 0 atom stereocenters. The smallest absolute Gasteiger partial charge is 0.155 e. The third-order valence-electron chi connectivity index (χ3n) is 3.16. The molecular weight excluding hydrogens is 222 g/mol. The molecule has 0 bridgehead atoms. The van der Waals surface area contributed by atoms with Crippen molar-refractivity contribution in [1.29, 1.82) is 0 Å². The van der Waals surface area contributed by atoms with Crippen molar-refractivity contribution in [3.05, 3.63) is 12.2 Å². The van der Waals surface area contributed by atoms with E-state index in [2.05, 4.69) is 6.92 Å². The Morgan fingerprint density at radius 1 is 0.944 bits per heavy atom. The molecule has 0 saturated carbocycles. The summed E-state index contributed by atoms with van der Waals surface area (Å²) in [4.78, 5) is 11.5. The zero-order valence-corrected chi connectivity index (χ0v) is 12.1. The molecule has 2 N–H and O–H groups in total. The Morgan fingerprint density at radius 2 is 1.61 bits per heavy atom. The maximum Gasteiger partial charge on any atom is 0.155 e. The molecule has 0 unspecified atom stereocenters. The highest BCUT2D eigenvalue weighted by atomic mass is 16.1. The van der Waals surface area contributed by atoms with Gasteiger partial charge in [0.25, 0.3) is 0 Å². The van der Waals surface area contributed by atoms with E-state index in [1.165, 1.54) is 32.1 Å². The average Bonchev–Trinajstić information content (AvgIpc) is 2.37. The van der Waals surface area contributed by atoms with E-state index in [0.717, 1.165) is 38.6 Å². The predicted molar refractivity (Wildman–Crippen MR) is 79.7 cm³/mol. The van der Waals surface area contributed by atoms with E-state index < -0.39 is 0 Å². The first-order valence-electron chi connectivity index (χ1n) is 7.70. The Hall–Kier alpha value is -0.630. The molecule has 0 aromatic carbocycles. The summed E-state index contributed by atoms with van der Waals surface area (Å²) in [5, 5.41) is 0. The molecule has 0 radical (unpaired) electrons. The van der Waals surface area contributed by atoms with Crippen LogP contribution in [0.1, 0.15) is 77.6 Å². The van der Waals surface area contributed by atoms with E-state index >= 15 is 0 Å². The monoisotopic (exact) mass is 253 g/mol. The van der Waals surface area contributed by atoms with Crippen LogP contribution < -0.4 is 5.73 Å². The molecule has 0 aromatic rings. The van der Waals surface area contributed by atoms with Crippen LogP contribution in [0.4, 0.5) is 0 Å². The van der Waals surface area contributed by atoms with Gasteiger partial charge in [-0.2, -0.15) is 0 Å². The lowest BCUT2D eigenvalue weighted by atomic mass is 10.1. The SMILES string of the molecule is CCCCCCC/C=C/C(=O)CCCCCCN. The van der Waals surface area contributed by atoms with Crippen molar-refractivity contribution in [1.82, 2.24) is 0 Å². The molecule has 0 aliphatic rings. The maximum absolute atomic E-state index is 11.5. The minimum absolute atomic E-state index is 0.288. The standard InChI is InChI=1S/C16H31NO/c1-2-3-4-5-6-7-10-13-16(18)14-11-8-9-12-15-17/h10,13H,2-9,11-12,14-15,17H2,1H3/b13-10+. The Balaban J connectivity index is 3.28. The summed E-state index contributed by atoms with van der Waals surface area (Å²) in [7, 11) is 0. The molecule has 0 aliphatic carbocycles. The Morgan fingerprint density at radius 3 is 2.33 bits per heavy atom. The van der Waals surface area contributed by atoms with Crippen LogP contribution in [0, 0.1) is 0 Å². The quantitative estimate of drug-likeness (QED) is 0.391. The van der Waals surface area contributed by atoms with E-state index in [0.29, 0.717) is 6.42 Å². The topological polar surface area (TPSA) is 43.1 Å². The predicted octanol–water partition coefficient (Wildman–Crippen LogP) is 4.38. The molecule has 0 heterocycles. The van der Waals surface area contributed by atoms with Gasteiger partial charge >= 0.3 is 0 Å². The zero-order chi connectivity index (χ0) is 13.5. The van der Waals surface area contributed by atoms with Crippen LogP contribution in [-0.4, -0.2) is 12.3 Å². The maximum atomic E-state index is 11.5. The van der Waals surface area contributed by atoms with Crippen molar-refractivity contribution < 1.29 is 4.79 Å². The Labute approximate surface area is 113 Å². The number of unbranched alkanes of at least 4 members (excludes halogenated alkanes) is 8. The van der Waals surface area contributed by atoms with Gasteiger partial charge in [0.15, 0.2) is 5.78 Å². The van der Waals surface area contributed by atoms with Gasteiger partial charge in [0.2, 0.25) is 0 Å². The van der Waals surface area contributed by atoms with Crippen molar-refractivity contribution in [2.45, 2.75) is 77.6 Å². The van der Waals surface area contributed by atoms with Gasteiger partial charge in [-0.25, -0.2) is 0 Å². The summed E-state index contributed by atoms with van der Waals surface area (Å²) in [6, 6.07) is 0. The van der Waals surface area contributed by atoms with Crippen LogP contribution in [0.15, 0.2) is 12.2 Å². The lowest BCUT2D eigenvalue weighted by Crippen LogP contribution is -1.98. The lowest BCUT2D eigenvalue weighted by Gasteiger charge is -1.98. The number of ketones is 1. The van der Waals surface area contributed by atoms with Crippen molar-refractivity contribution in [3.63, 3.8) is 0 Å². The van der Waals surface area contributed by atoms with Gasteiger partial charge in [0, 0.05) is 6.42 Å². The van der Waals surface area contributed by atoms with Gasteiger partial charge in [-0.1, -0.05) is 51.5 Å². The number of nitrogens with two attached hydrogens (primary N) is 1. The first kappa shape index (κ1) is 17.4. The van der Waals surface area contributed by atoms with E-state index in [4.69, 9.17) is 5.73 Å². The molecule has 0 saturated heterocycles. The van der Waals surface area contributed by atoms with E-state index in [-0.39, 0.29) is 5.78 Å². The van der Waals surface area contributed by atoms with Crippen molar-refractivity contribution in [2.75, 3.05) is 6.54 Å². The highest BCUT2D eigenvalue weighted by Gasteiger charge is 1.96. The summed E-state index contributed by atoms with van der Waals surface area (Å²) in [5.41, 5.74) is 5.42. The van der Waals surface area contributed by atoms with Crippen LogP contribution in [0.25, 0.3) is 0 Å². The van der Waals surface area contributed by atoms with Crippen molar-refractivity contribution in [3.8, 4) is 0 Å². The summed E-state index contributed by atoms with van der Waals surface area (Å²) in [6.07, 6.45) is 16.5. The lowest BCUT2D eigenvalue weighted by molar-refractivity contribution is -0.114. The van der Waals surface area contributed by atoms with Gasteiger partial charge in [-0.15, -0.1) is 0 Å². The largest absolute Gasteiger partial charge is 0.330 e. The van der Waals surface area contributed by atoms with Gasteiger partial charge in [-0.3, -0.25) is 4.79 Å². The summed E-state index contributed by atoms with van der Waals surface area (Å²) >= 11 is 0. The molecule has 106 valence electrons. The molecule has 2 nitrogen and oxygen atoms in total. The summed E-state index contributed by atoms with van der Waals surface area (Å²) < 4.78 is 0. The third kappa shape index (κ3) is 13.4. The van der Waals surface area contributed by atoms with Crippen LogP contribution in [0.3, 0.4) is 0 Å².